The molecule has 1 aliphatic rings. The smallest absolute Gasteiger partial charge is 0.162 e. The van der Waals surface area contributed by atoms with Gasteiger partial charge in [0.25, 0.3) is 0 Å². The lowest BCUT2D eigenvalue weighted by atomic mass is 10.1. The number of rotatable bonds is 4. The fraction of sp³-hybridized carbons (Fsp3) is 0.235. The van der Waals surface area contributed by atoms with Crippen LogP contribution in [-0.4, -0.2) is 18.5 Å². The molecule has 0 bridgehead atoms. The van der Waals surface area contributed by atoms with Crippen LogP contribution in [-0.2, 0) is 6.42 Å². The topological polar surface area (TPSA) is 35.5 Å². The molecule has 1 atom stereocenters. The first-order valence-electron chi connectivity index (χ1n) is 6.81. The van der Waals surface area contributed by atoms with E-state index in [2.05, 4.69) is 0 Å². The highest BCUT2D eigenvalue weighted by atomic mass is 19.1. The van der Waals surface area contributed by atoms with Gasteiger partial charge in [0.15, 0.2) is 5.78 Å². The number of hydrogen-bond acceptors (Lipinski definition) is 3. The summed E-state index contributed by atoms with van der Waals surface area (Å²) in [4.78, 5) is 11.2. The second-order valence-corrected chi connectivity index (χ2v) is 5.06. The van der Waals surface area contributed by atoms with Gasteiger partial charge in [-0.3, -0.25) is 4.79 Å². The molecule has 21 heavy (non-hydrogen) atoms. The Hall–Kier alpha value is -2.36. The van der Waals surface area contributed by atoms with Crippen molar-refractivity contribution in [1.29, 1.82) is 0 Å². The molecule has 0 radical (unpaired) electrons. The minimum Gasteiger partial charge on any atom is -0.490 e. The Kier molecular flexibility index (Phi) is 3.60. The molecule has 0 aromatic heterocycles. The lowest BCUT2D eigenvalue weighted by molar-refractivity contribution is 0.101. The third kappa shape index (κ3) is 2.89. The van der Waals surface area contributed by atoms with Crippen molar-refractivity contribution in [3.63, 3.8) is 0 Å². The number of halogens is 1. The molecule has 1 aliphatic heterocycles. The van der Waals surface area contributed by atoms with Gasteiger partial charge in [0.2, 0.25) is 0 Å². The fourth-order valence-corrected chi connectivity index (χ4v) is 2.41. The Labute approximate surface area is 122 Å². The highest BCUT2D eigenvalue weighted by Crippen LogP contribution is 2.28. The molecule has 0 spiro atoms. The summed E-state index contributed by atoms with van der Waals surface area (Å²) in [5.41, 5.74) is 1.23. The first-order valence-corrected chi connectivity index (χ1v) is 6.81. The molecule has 1 unspecified atom stereocenters. The Morgan fingerprint density at radius 3 is 2.86 bits per heavy atom. The highest BCUT2D eigenvalue weighted by Gasteiger charge is 2.22. The number of carbonyl (C=O) groups excluding carboxylic acids is 1. The maximum atomic E-state index is 13.7. The molecule has 2 aromatic rings. The average molecular weight is 286 g/mol. The van der Waals surface area contributed by atoms with Gasteiger partial charge in [0, 0.05) is 12.5 Å². The Morgan fingerprint density at radius 2 is 2.14 bits per heavy atom. The van der Waals surface area contributed by atoms with E-state index < -0.39 is 5.82 Å². The molecule has 3 nitrogen and oxygen atoms in total. The van der Waals surface area contributed by atoms with Crippen LogP contribution in [0.2, 0.25) is 0 Å². The van der Waals surface area contributed by atoms with Gasteiger partial charge in [-0.25, -0.2) is 4.39 Å². The van der Waals surface area contributed by atoms with Gasteiger partial charge >= 0.3 is 0 Å². The predicted octanol–water partition coefficient (Wildman–Crippen LogP) is 3.41. The number of para-hydroxylation sites is 1. The standard InChI is InChI=1S/C17H15FO3/c1-11(19)15-7-6-13(9-16(15)18)20-10-14-8-12-4-2-3-5-17(12)21-14/h2-7,9,14H,8,10H2,1H3. The molecule has 0 saturated heterocycles. The molecule has 4 heteroatoms. The monoisotopic (exact) mass is 286 g/mol. The largest absolute Gasteiger partial charge is 0.490 e. The van der Waals surface area contributed by atoms with E-state index in [1.807, 2.05) is 24.3 Å². The van der Waals surface area contributed by atoms with Gasteiger partial charge in [-0.1, -0.05) is 18.2 Å². The van der Waals surface area contributed by atoms with Gasteiger partial charge in [-0.15, -0.1) is 0 Å². The second kappa shape index (κ2) is 5.56. The zero-order valence-corrected chi connectivity index (χ0v) is 11.6. The summed E-state index contributed by atoms with van der Waals surface area (Å²) in [5.74, 6) is 0.422. The van der Waals surface area contributed by atoms with E-state index >= 15 is 0 Å². The Morgan fingerprint density at radius 1 is 1.33 bits per heavy atom. The number of fused-ring (bicyclic) bond motifs is 1. The van der Waals surface area contributed by atoms with Crippen LogP contribution in [0.4, 0.5) is 4.39 Å². The SMILES string of the molecule is CC(=O)c1ccc(OCC2Cc3ccccc3O2)cc1F. The summed E-state index contributed by atoms with van der Waals surface area (Å²) in [6.45, 7) is 1.68. The molecule has 108 valence electrons. The summed E-state index contributed by atoms with van der Waals surface area (Å²) >= 11 is 0. The fourth-order valence-electron chi connectivity index (χ4n) is 2.41. The summed E-state index contributed by atoms with van der Waals surface area (Å²) in [7, 11) is 0. The van der Waals surface area contributed by atoms with Crippen LogP contribution >= 0.6 is 0 Å². The van der Waals surface area contributed by atoms with E-state index in [9.17, 15) is 9.18 Å². The quantitative estimate of drug-likeness (QED) is 0.808. The molecule has 2 aromatic carbocycles. The van der Waals surface area contributed by atoms with Crippen LogP contribution in [0.1, 0.15) is 22.8 Å². The summed E-state index contributed by atoms with van der Waals surface area (Å²) in [6.07, 6.45) is 0.711. The normalized spacial score (nSPS) is 16.2. The van der Waals surface area contributed by atoms with Crippen molar-refractivity contribution in [2.75, 3.05) is 6.61 Å². The molecule has 0 amide bonds. The number of carbonyl (C=O) groups is 1. The number of hydrogen-bond donors (Lipinski definition) is 0. The van der Waals surface area contributed by atoms with Gasteiger partial charge in [-0.2, -0.15) is 0 Å². The maximum Gasteiger partial charge on any atom is 0.162 e. The van der Waals surface area contributed by atoms with Crippen LogP contribution in [0.3, 0.4) is 0 Å². The van der Waals surface area contributed by atoms with Crippen molar-refractivity contribution in [3.8, 4) is 11.5 Å². The predicted molar refractivity (Wildman–Crippen MR) is 76.5 cm³/mol. The molecule has 0 N–H and O–H groups in total. The van der Waals surface area contributed by atoms with E-state index in [1.165, 1.54) is 19.1 Å². The Bertz CT molecular complexity index is 656. The third-order valence-electron chi connectivity index (χ3n) is 3.47. The molecular formula is C17H15FO3. The number of ether oxygens (including phenoxy) is 2. The summed E-state index contributed by atoms with van der Waals surface area (Å²) in [6, 6.07) is 12.1. The van der Waals surface area contributed by atoms with Crippen LogP contribution in [0.25, 0.3) is 0 Å². The van der Waals surface area contributed by atoms with Crippen molar-refractivity contribution in [2.24, 2.45) is 0 Å². The molecule has 3 rings (SSSR count). The molecule has 1 heterocycles. The van der Waals surface area contributed by atoms with E-state index in [0.717, 1.165) is 17.7 Å². The van der Waals surface area contributed by atoms with Gasteiger partial charge in [0.05, 0.1) is 5.56 Å². The van der Waals surface area contributed by atoms with Crippen LogP contribution in [0, 0.1) is 5.82 Å². The first kappa shape index (κ1) is 13.6. The van der Waals surface area contributed by atoms with Crippen molar-refractivity contribution < 1.29 is 18.7 Å². The van der Waals surface area contributed by atoms with Crippen molar-refractivity contribution in [3.05, 3.63) is 59.4 Å². The minimum atomic E-state index is -0.560. The molecule has 0 aliphatic carbocycles. The lowest BCUT2D eigenvalue weighted by Gasteiger charge is -2.12. The lowest BCUT2D eigenvalue weighted by Crippen LogP contribution is -2.22. The first-order chi connectivity index (χ1) is 10.1. The van der Waals surface area contributed by atoms with Crippen LogP contribution < -0.4 is 9.47 Å². The highest BCUT2D eigenvalue weighted by molar-refractivity contribution is 5.94. The van der Waals surface area contributed by atoms with Crippen molar-refractivity contribution in [2.45, 2.75) is 19.4 Å². The number of Topliss-reactive ketones (excluding diaryl/α,β-unsaturated/α-hetero) is 1. The van der Waals surface area contributed by atoms with E-state index in [0.29, 0.717) is 12.4 Å². The van der Waals surface area contributed by atoms with E-state index in [-0.39, 0.29) is 17.5 Å². The van der Waals surface area contributed by atoms with Gasteiger partial charge in [-0.05, 0) is 30.7 Å². The van der Waals surface area contributed by atoms with E-state index in [4.69, 9.17) is 9.47 Å². The number of ketones is 1. The Balaban J connectivity index is 1.62. The second-order valence-electron chi connectivity index (χ2n) is 5.06. The molecule has 0 fully saturated rings. The maximum absolute atomic E-state index is 13.7. The molecular weight excluding hydrogens is 271 g/mol. The van der Waals surface area contributed by atoms with Crippen LogP contribution in [0.15, 0.2) is 42.5 Å². The third-order valence-corrected chi connectivity index (χ3v) is 3.47. The minimum absolute atomic E-state index is 0.0713. The number of benzene rings is 2. The van der Waals surface area contributed by atoms with Gasteiger partial charge in [0.1, 0.15) is 30.0 Å². The van der Waals surface area contributed by atoms with E-state index in [1.54, 1.807) is 6.07 Å². The van der Waals surface area contributed by atoms with Crippen molar-refractivity contribution in [1.82, 2.24) is 0 Å². The van der Waals surface area contributed by atoms with Crippen molar-refractivity contribution >= 4 is 5.78 Å². The zero-order chi connectivity index (χ0) is 14.8. The van der Waals surface area contributed by atoms with Crippen LogP contribution in [0.5, 0.6) is 11.5 Å². The summed E-state index contributed by atoms with van der Waals surface area (Å²) < 4.78 is 25.0. The summed E-state index contributed by atoms with van der Waals surface area (Å²) in [5, 5.41) is 0. The zero-order valence-electron chi connectivity index (χ0n) is 11.6. The van der Waals surface area contributed by atoms with Gasteiger partial charge < -0.3 is 9.47 Å². The average Bonchev–Trinajstić information content (AvgIpc) is 2.87. The molecule has 0 saturated carbocycles.